The number of imidazole rings is 1. The first-order chi connectivity index (χ1) is 14.5. The van der Waals surface area contributed by atoms with E-state index in [1.165, 1.54) is 24.0 Å². The molecule has 0 spiro atoms. The van der Waals surface area contributed by atoms with Gasteiger partial charge in [0.15, 0.2) is 10.2 Å². The van der Waals surface area contributed by atoms with Crippen LogP contribution in [0.5, 0.6) is 0 Å². The van der Waals surface area contributed by atoms with E-state index in [1.54, 1.807) is 12.1 Å². The van der Waals surface area contributed by atoms with Gasteiger partial charge in [-0.3, -0.25) is 25.7 Å². The molecule has 0 aliphatic heterocycles. The van der Waals surface area contributed by atoms with Crippen LogP contribution in [0.4, 0.5) is 17.1 Å². The molecule has 0 aliphatic carbocycles. The second kappa shape index (κ2) is 8.05. The lowest BCUT2D eigenvalue weighted by molar-refractivity contribution is -0.393. The minimum absolute atomic E-state index is 0.0188. The zero-order valence-corrected chi connectivity index (χ0v) is 15.8. The van der Waals surface area contributed by atoms with Crippen LogP contribution >= 0.6 is 11.8 Å². The van der Waals surface area contributed by atoms with Crippen molar-refractivity contribution in [1.29, 1.82) is 0 Å². The molecule has 0 saturated heterocycles. The van der Waals surface area contributed by atoms with Crippen molar-refractivity contribution in [2.24, 2.45) is 5.10 Å². The summed E-state index contributed by atoms with van der Waals surface area (Å²) in [6, 6.07) is 14.3. The highest BCUT2D eigenvalue weighted by Crippen LogP contribution is 2.30. The number of benzene rings is 2. The molecule has 0 unspecified atom stereocenters. The third-order valence-corrected chi connectivity index (χ3v) is 4.74. The van der Waals surface area contributed by atoms with Gasteiger partial charge in [-0.05, 0) is 42.1 Å². The normalized spacial score (nSPS) is 11.2. The molecule has 0 amide bonds. The number of aromatic nitrogens is 2. The largest absolute Gasteiger partial charge is 0.448 e. The van der Waals surface area contributed by atoms with Crippen molar-refractivity contribution in [1.82, 2.24) is 9.97 Å². The number of fused-ring (bicyclic) bond motifs is 1. The van der Waals surface area contributed by atoms with Crippen LogP contribution in [0.2, 0.25) is 0 Å². The van der Waals surface area contributed by atoms with E-state index in [0.717, 1.165) is 23.2 Å². The molecule has 2 heterocycles. The Morgan fingerprint density at radius 3 is 2.70 bits per heavy atom. The molecule has 2 aromatic carbocycles. The number of hydrogen-bond donors (Lipinski definition) is 2. The minimum atomic E-state index is -0.722. The lowest BCUT2D eigenvalue weighted by Crippen LogP contribution is -1.98. The maximum atomic E-state index is 11.1. The summed E-state index contributed by atoms with van der Waals surface area (Å²) in [5, 5.41) is 27.1. The molecule has 0 aliphatic rings. The molecule has 4 rings (SSSR count). The highest BCUT2D eigenvalue weighted by atomic mass is 32.2. The van der Waals surface area contributed by atoms with Gasteiger partial charge in [-0.2, -0.15) is 5.10 Å². The number of nitro groups is 2. The molecule has 0 fully saturated rings. The third-order valence-electron chi connectivity index (χ3n) is 3.93. The van der Waals surface area contributed by atoms with E-state index in [1.807, 2.05) is 24.3 Å². The predicted molar refractivity (Wildman–Crippen MR) is 110 cm³/mol. The van der Waals surface area contributed by atoms with Gasteiger partial charge in [-0.1, -0.05) is 12.1 Å². The molecule has 4 aromatic rings. The second-order valence-electron chi connectivity index (χ2n) is 5.90. The summed E-state index contributed by atoms with van der Waals surface area (Å²) in [6.45, 7) is 0. The smallest absolute Gasteiger partial charge is 0.301 e. The van der Waals surface area contributed by atoms with E-state index in [9.17, 15) is 20.2 Å². The number of rotatable bonds is 7. The molecule has 30 heavy (non-hydrogen) atoms. The fourth-order valence-electron chi connectivity index (χ4n) is 2.58. The van der Waals surface area contributed by atoms with Gasteiger partial charge in [-0.25, -0.2) is 4.98 Å². The molecule has 0 radical (unpaired) electrons. The van der Waals surface area contributed by atoms with Gasteiger partial charge in [0.2, 0.25) is 0 Å². The molecule has 150 valence electrons. The fourth-order valence-corrected chi connectivity index (χ4v) is 3.35. The monoisotopic (exact) mass is 424 g/mol. The number of anilines is 1. The minimum Gasteiger partial charge on any atom is -0.448 e. The van der Waals surface area contributed by atoms with E-state index in [4.69, 9.17) is 4.42 Å². The molecule has 0 saturated carbocycles. The summed E-state index contributed by atoms with van der Waals surface area (Å²) >= 11 is 1.31. The van der Waals surface area contributed by atoms with Crippen molar-refractivity contribution in [2.45, 2.75) is 10.2 Å². The van der Waals surface area contributed by atoms with Gasteiger partial charge in [0.05, 0.1) is 33.2 Å². The molecular weight excluding hydrogens is 412 g/mol. The molecule has 11 nitrogen and oxygen atoms in total. The SMILES string of the molecule is O=[N+]([O-])c1ccc(N/N=C/c2ccc(Sc3nc4ccccc4[nH]3)o2)c([N+](=O)[O-])c1. The lowest BCUT2D eigenvalue weighted by atomic mass is 10.2. The molecule has 2 aromatic heterocycles. The van der Waals surface area contributed by atoms with Gasteiger partial charge in [0.1, 0.15) is 11.4 Å². The molecular formula is C18H12N6O5S. The predicted octanol–water partition coefficient (Wildman–Crippen LogP) is 4.57. The Kier molecular flexibility index (Phi) is 5.13. The summed E-state index contributed by atoms with van der Waals surface area (Å²) in [5.74, 6) is 0.408. The van der Waals surface area contributed by atoms with Crippen LogP contribution < -0.4 is 5.43 Å². The summed E-state index contributed by atoms with van der Waals surface area (Å²) in [4.78, 5) is 28.1. The summed E-state index contributed by atoms with van der Waals surface area (Å²) in [7, 11) is 0. The second-order valence-corrected chi connectivity index (χ2v) is 6.90. The Bertz CT molecular complexity index is 1250. The number of aromatic amines is 1. The standard InChI is InChI=1S/C18H12N6O5S/c25-23(26)11-5-7-15(16(9-11)24(27)28)22-19-10-12-6-8-17(29-12)30-18-20-13-3-1-2-4-14(13)21-18/h1-10,22H,(H,20,21)/b19-10+. The summed E-state index contributed by atoms with van der Waals surface area (Å²) in [5.41, 5.74) is 3.46. The van der Waals surface area contributed by atoms with Gasteiger partial charge in [0, 0.05) is 6.07 Å². The number of H-pyrrole nitrogens is 1. The summed E-state index contributed by atoms with van der Waals surface area (Å²) in [6.07, 6.45) is 1.34. The average molecular weight is 424 g/mol. The van der Waals surface area contributed by atoms with Crippen LogP contribution in [0.1, 0.15) is 5.76 Å². The molecule has 12 heteroatoms. The van der Waals surface area contributed by atoms with Gasteiger partial charge in [0.25, 0.3) is 5.69 Å². The lowest BCUT2D eigenvalue weighted by Gasteiger charge is -2.01. The quantitative estimate of drug-likeness (QED) is 0.248. The number of hydrogen-bond acceptors (Lipinski definition) is 9. The van der Waals surface area contributed by atoms with Crippen LogP contribution in [0, 0.1) is 20.2 Å². The highest BCUT2D eigenvalue weighted by molar-refractivity contribution is 7.99. The number of nitrogens with one attached hydrogen (secondary N) is 2. The highest BCUT2D eigenvalue weighted by Gasteiger charge is 2.19. The van der Waals surface area contributed by atoms with Crippen molar-refractivity contribution in [3.63, 3.8) is 0 Å². The Hall–Kier alpha value is -4.19. The molecule has 0 atom stereocenters. The van der Waals surface area contributed by atoms with Crippen LogP contribution in [0.3, 0.4) is 0 Å². The van der Waals surface area contributed by atoms with Crippen molar-refractivity contribution in [3.8, 4) is 0 Å². The van der Waals surface area contributed by atoms with Crippen molar-refractivity contribution < 1.29 is 14.3 Å². The van der Waals surface area contributed by atoms with E-state index in [2.05, 4.69) is 20.5 Å². The number of nitrogens with zero attached hydrogens (tertiary/aromatic N) is 4. The Morgan fingerprint density at radius 1 is 1.10 bits per heavy atom. The maximum absolute atomic E-state index is 11.1. The number of nitro benzene ring substituents is 2. The van der Waals surface area contributed by atoms with Crippen LogP contribution in [0.15, 0.2) is 74.4 Å². The first-order valence-corrected chi connectivity index (χ1v) is 9.25. The van der Waals surface area contributed by atoms with E-state index < -0.39 is 15.5 Å². The van der Waals surface area contributed by atoms with Crippen molar-refractivity contribution >= 4 is 46.1 Å². The first kappa shape index (κ1) is 19.1. The van der Waals surface area contributed by atoms with Gasteiger partial charge < -0.3 is 9.40 Å². The van der Waals surface area contributed by atoms with Gasteiger partial charge >= 0.3 is 5.69 Å². The summed E-state index contributed by atoms with van der Waals surface area (Å²) < 4.78 is 5.64. The Morgan fingerprint density at radius 2 is 1.93 bits per heavy atom. The molecule has 2 N–H and O–H groups in total. The average Bonchev–Trinajstić information content (AvgIpc) is 3.34. The number of non-ortho nitro benzene ring substituents is 1. The topological polar surface area (TPSA) is 152 Å². The third kappa shape index (κ3) is 4.12. The first-order valence-electron chi connectivity index (χ1n) is 8.44. The Balaban J connectivity index is 1.45. The van der Waals surface area contributed by atoms with E-state index in [-0.39, 0.29) is 11.4 Å². The van der Waals surface area contributed by atoms with Crippen molar-refractivity contribution in [3.05, 3.63) is 80.6 Å². The van der Waals surface area contributed by atoms with Crippen LogP contribution in [-0.2, 0) is 0 Å². The van der Waals surface area contributed by atoms with E-state index >= 15 is 0 Å². The van der Waals surface area contributed by atoms with Crippen LogP contribution in [0.25, 0.3) is 11.0 Å². The van der Waals surface area contributed by atoms with E-state index in [0.29, 0.717) is 16.0 Å². The maximum Gasteiger partial charge on any atom is 0.301 e. The number of para-hydroxylation sites is 2. The number of hydrazone groups is 1. The zero-order chi connectivity index (χ0) is 21.1. The van der Waals surface area contributed by atoms with Crippen molar-refractivity contribution in [2.75, 3.05) is 5.43 Å². The van der Waals surface area contributed by atoms with Gasteiger partial charge in [-0.15, -0.1) is 0 Å². The molecule has 0 bridgehead atoms. The number of furan rings is 1. The Labute approximate surface area is 172 Å². The zero-order valence-electron chi connectivity index (χ0n) is 15.0. The fraction of sp³-hybridized carbons (Fsp3) is 0. The van der Waals surface area contributed by atoms with Crippen LogP contribution in [-0.4, -0.2) is 26.0 Å².